The first-order valence-corrected chi connectivity index (χ1v) is 19.8. The molecule has 4 N–H and O–H groups in total. The number of carbonyl (C=O) groups excluding carboxylic acids is 4. The Morgan fingerprint density at radius 1 is 0.672 bits per heavy atom. The maximum atomic E-state index is 13.7. The summed E-state index contributed by atoms with van der Waals surface area (Å²) >= 11 is 0. The van der Waals surface area contributed by atoms with Crippen molar-refractivity contribution in [1.29, 1.82) is 0 Å². The summed E-state index contributed by atoms with van der Waals surface area (Å²) in [5, 5.41) is 7.22. The molecule has 0 bridgehead atoms. The number of hydrogen-bond acceptors (Lipinski definition) is 10. The van der Waals surface area contributed by atoms with Crippen LogP contribution in [0.2, 0.25) is 0 Å². The monoisotopic (exact) mass is 788 g/mol. The van der Waals surface area contributed by atoms with Crippen molar-refractivity contribution in [3.05, 3.63) is 60.3 Å². The normalized spacial score (nSPS) is 18.1. The lowest BCUT2D eigenvalue weighted by Crippen LogP contribution is -2.51. The molecule has 2 saturated heterocycles. The zero-order chi connectivity index (χ0) is 40.8. The summed E-state index contributed by atoms with van der Waals surface area (Å²) in [4.78, 5) is 81.7. The fraction of sp³-hybridized carbons (Fsp3) is 0.429. The van der Waals surface area contributed by atoms with Crippen molar-refractivity contribution in [2.75, 3.05) is 27.3 Å². The number of fused-ring (bicyclic) bond motifs is 6. The maximum absolute atomic E-state index is 13.7. The first-order chi connectivity index (χ1) is 27.9. The highest BCUT2D eigenvalue weighted by Gasteiger charge is 2.39. The Kier molecular flexibility index (Phi) is 10.3. The summed E-state index contributed by atoms with van der Waals surface area (Å²) < 4.78 is 9.56. The van der Waals surface area contributed by atoms with Gasteiger partial charge >= 0.3 is 12.2 Å². The second kappa shape index (κ2) is 15.6. The molecule has 4 aromatic heterocycles. The van der Waals surface area contributed by atoms with Crippen LogP contribution in [0, 0.1) is 11.8 Å². The third-order valence-corrected chi connectivity index (χ3v) is 11.5. The number of H-pyrrole nitrogens is 2. The summed E-state index contributed by atoms with van der Waals surface area (Å²) in [6.45, 7) is 8.72. The Bertz CT molecular complexity index is 2390. The Balaban J connectivity index is 1.05. The Morgan fingerprint density at radius 2 is 1.19 bits per heavy atom. The third kappa shape index (κ3) is 7.00. The van der Waals surface area contributed by atoms with E-state index in [1.807, 2.05) is 75.1 Å². The fourth-order valence-corrected chi connectivity index (χ4v) is 8.41. The summed E-state index contributed by atoms with van der Waals surface area (Å²) in [5.41, 5.74) is 6.42. The van der Waals surface area contributed by atoms with Gasteiger partial charge in [0.1, 0.15) is 29.2 Å². The smallest absolute Gasteiger partial charge is 0.407 e. The van der Waals surface area contributed by atoms with Crippen molar-refractivity contribution < 1.29 is 28.7 Å². The highest BCUT2D eigenvalue weighted by Crippen LogP contribution is 2.36. The van der Waals surface area contributed by atoms with E-state index in [-0.39, 0.29) is 35.7 Å². The molecule has 302 valence electrons. The third-order valence-electron chi connectivity index (χ3n) is 11.5. The van der Waals surface area contributed by atoms with E-state index in [0.29, 0.717) is 30.3 Å². The zero-order valence-corrected chi connectivity index (χ0v) is 33.5. The number of aromatic amines is 2. The first kappa shape index (κ1) is 38.5. The number of benzene rings is 2. The molecule has 4 amide bonds. The van der Waals surface area contributed by atoms with Gasteiger partial charge in [0.05, 0.1) is 65.8 Å². The van der Waals surface area contributed by atoms with Gasteiger partial charge in [-0.05, 0) is 73.9 Å². The molecule has 0 aliphatic carbocycles. The van der Waals surface area contributed by atoms with Gasteiger partial charge in [0.2, 0.25) is 11.8 Å². The van der Waals surface area contributed by atoms with E-state index < -0.39 is 24.3 Å². The molecule has 2 fully saturated rings. The van der Waals surface area contributed by atoms with Gasteiger partial charge in [0, 0.05) is 29.4 Å². The van der Waals surface area contributed by atoms with Crippen LogP contribution in [-0.4, -0.2) is 103 Å². The molecule has 0 radical (unpaired) electrons. The molecule has 58 heavy (non-hydrogen) atoms. The molecule has 0 saturated carbocycles. The van der Waals surface area contributed by atoms with Gasteiger partial charge < -0.3 is 39.9 Å². The number of alkyl carbamates (subject to hydrolysis) is 2. The van der Waals surface area contributed by atoms with Gasteiger partial charge in [-0.15, -0.1) is 0 Å². The number of rotatable bonds is 9. The molecule has 16 nitrogen and oxygen atoms in total. The van der Waals surface area contributed by atoms with Crippen molar-refractivity contribution in [1.82, 2.24) is 50.3 Å². The second-order valence-electron chi connectivity index (χ2n) is 15.8. The quantitative estimate of drug-likeness (QED) is 0.129. The van der Waals surface area contributed by atoms with Crippen LogP contribution in [-0.2, 0) is 19.1 Å². The van der Waals surface area contributed by atoms with Crippen LogP contribution < -0.4 is 10.6 Å². The molecule has 4 atom stereocenters. The predicted octanol–water partition coefficient (Wildman–Crippen LogP) is 6.29. The van der Waals surface area contributed by atoms with E-state index in [1.54, 1.807) is 11.1 Å². The highest BCUT2D eigenvalue weighted by molar-refractivity contribution is 6.05. The number of likely N-dealkylation sites (tertiary alicyclic amines) is 2. The maximum Gasteiger partial charge on any atom is 0.407 e. The van der Waals surface area contributed by atoms with Crippen molar-refractivity contribution in [3.63, 3.8) is 0 Å². The lowest BCUT2D eigenvalue weighted by atomic mass is 10.0. The number of imidazole rings is 2. The number of nitrogens with one attached hydrogen (secondary N) is 4. The van der Waals surface area contributed by atoms with Crippen LogP contribution in [0.4, 0.5) is 9.59 Å². The van der Waals surface area contributed by atoms with Crippen molar-refractivity contribution >= 4 is 67.9 Å². The van der Waals surface area contributed by atoms with Crippen LogP contribution in [0.3, 0.4) is 0 Å². The number of amides is 4. The number of aromatic nitrogens is 6. The van der Waals surface area contributed by atoms with Crippen molar-refractivity contribution in [2.24, 2.45) is 11.8 Å². The number of hydrogen-bond donors (Lipinski definition) is 4. The summed E-state index contributed by atoms with van der Waals surface area (Å²) in [6.07, 6.45) is 3.62. The number of pyridine rings is 2. The SMILES string of the molecule is COC(=O)N[C@H](C(=O)N1CCC[C@H]1c1nc2cnc3cc(-c4ccc5c(ccc6nc([C@@H]7CCCN7C(=O)[C@@H](NC(=O)OC)C(C)C)[nH]c65)n4)ccc3c2[nH]1)C(C)C. The number of carbonyl (C=O) groups is 4. The van der Waals surface area contributed by atoms with Gasteiger partial charge in [-0.2, -0.15) is 0 Å². The van der Waals surface area contributed by atoms with Gasteiger partial charge in [-0.25, -0.2) is 24.5 Å². The van der Waals surface area contributed by atoms with E-state index in [0.717, 1.165) is 75.3 Å². The molecule has 0 unspecified atom stereocenters. The minimum absolute atomic E-state index is 0.125. The summed E-state index contributed by atoms with van der Waals surface area (Å²) in [7, 11) is 2.57. The number of nitrogens with zero attached hydrogens (tertiary/aromatic N) is 6. The minimum Gasteiger partial charge on any atom is -0.453 e. The van der Waals surface area contributed by atoms with Crippen molar-refractivity contribution in [3.8, 4) is 11.3 Å². The van der Waals surface area contributed by atoms with Gasteiger partial charge in [-0.3, -0.25) is 14.6 Å². The molecular formula is C42H48N10O6. The molecule has 6 aromatic rings. The van der Waals surface area contributed by atoms with Gasteiger partial charge in [-0.1, -0.05) is 33.8 Å². The Morgan fingerprint density at radius 3 is 1.76 bits per heavy atom. The number of methoxy groups -OCH3 is 2. The van der Waals surface area contributed by atoms with E-state index in [2.05, 4.69) is 20.6 Å². The van der Waals surface area contributed by atoms with Crippen LogP contribution in [0.5, 0.6) is 0 Å². The highest BCUT2D eigenvalue weighted by atomic mass is 16.5. The number of ether oxygens (including phenoxy) is 2. The molecule has 0 spiro atoms. The lowest BCUT2D eigenvalue weighted by Gasteiger charge is -2.29. The minimum atomic E-state index is -0.716. The second-order valence-corrected chi connectivity index (χ2v) is 15.8. The molecule has 6 heterocycles. The molecule has 2 aliphatic heterocycles. The predicted molar refractivity (Wildman–Crippen MR) is 217 cm³/mol. The molecule has 16 heteroatoms. The largest absolute Gasteiger partial charge is 0.453 e. The average Bonchev–Trinajstić information content (AvgIpc) is 4.06. The first-order valence-electron chi connectivity index (χ1n) is 19.8. The van der Waals surface area contributed by atoms with E-state index in [1.165, 1.54) is 14.2 Å². The molecule has 2 aromatic carbocycles. The molecule has 8 rings (SSSR count). The van der Waals surface area contributed by atoms with Crippen LogP contribution >= 0.6 is 0 Å². The molecule has 2 aliphatic rings. The van der Waals surface area contributed by atoms with E-state index in [9.17, 15) is 19.2 Å². The van der Waals surface area contributed by atoms with Crippen LogP contribution in [0.25, 0.3) is 55.1 Å². The van der Waals surface area contributed by atoms with Crippen LogP contribution in [0.15, 0.2) is 48.7 Å². The Hall–Kier alpha value is -6.32. The van der Waals surface area contributed by atoms with Gasteiger partial charge in [0.25, 0.3) is 0 Å². The average molecular weight is 789 g/mol. The molecular weight excluding hydrogens is 741 g/mol. The van der Waals surface area contributed by atoms with Crippen molar-refractivity contribution in [2.45, 2.75) is 77.5 Å². The zero-order valence-electron chi connectivity index (χ0n) is 33.5. The standard InChI is InChI=1S/C42H48N10O6/c1-21(2)33(49-41(55)57-5)39(53)51-17-7-9-31(51)37-45-28-16-15-27-24(35(28)47-37)13-14-26(44-27)23-11-12-25-29(19-23)43-20-30-36(25)48-38(46-30)32-10-8-18-52(32)40(54)34(22(3)4)50-42(56)58-6/h11-16,19-22,31-34H,7-10,17-18H2,1-6H3,(H,45,47)(H,46,48)(H,49,55)(H,50,56)/t31-,32-,33-,34-/m0/s1. The topological polar surface area (TPSA) is 200 Å². The van der Waals surface area contributed by atoms with E-state index in [4.69, 9.17) is 29.4 Å². The summed E-state index contributed by atoms with van der Waals surface area (Å²) in [5.74, 6) is 0.820. The Labute approximate surface area is 334 Å². The van der Waals surface area contributed by atoms with E-state index >= 15 is 0 Å². The summed E-state index contributed by atoms with van der Waals surface area (Å²) in [6, 6.07) is 12.0. The fourth-order valence-electron chi connectivity index (χ4n) is 8.41. The van der Waals surface area contributed by atoms with Crippen LogP contribution in [0.1, 0.15) is 77.1 Å². The lowest BCUT2D eigenvalue weighted by molar-refractivity contribution is -0.136. The van der Waals surface area contributed by atoms with Gasteiger partial charge in [0.15, 0.2) is 0 Å².